The highest BCUT2D eigenvalue weighted by Gasteiger charge is 2.22. The number of unbranched alkanes of at least 4 members (excludes halogenated alkanes) is 1. The minimum Gasteiger partial charge on any atom is -0.481 e. The summed E-state index contributed by atoms with van der Waals surface area (Å²) in [7, 11) is 3.91. The van der Waals surface area contributed by atoms with Crippen molar-refractivity contribution in [3.8, 4) is 0 Å². The Hall–Kier alpha value is -1.30. The van der Waals surface area contributed by atoms with E-state index in [-0.39, 0.29) is 12.5 Å². The summed E-state index contributed by atoms with van der Waals surface area (Å²) in [6.45, 7) is 3.48. The highest BCUT2D eigenvalue weighted by Crippen LogP contribution is 2.14. The average Bonchev–Trinajstić information content (AvgIpc) is 2.73. The molecule has 0 bridgehead atoms. The van der Waals surface area contributed by atoms with Gasteiger partial charge in [-0.05, 0) is 38.8 Å². The van der Waals surface area contributed by atoms with Crippen molar-refractivity contribution in [2.24, 2.45) is 5.92 Å². The fourth-order valence-electron chi connectivity index (χ4n) is 2.38. The second-order valence-corrected chi connectivity index (χ2v) is 5.38. The van der Waals surface area contributed by atoms with Crippen LogP contribution in [0.15, 0.2) is 0 Å². The van der Waals surface area contributed by atoms with Gasteiger partial charge in [0.15, 0.2) is 0 Å². The summed E-state index contributed by atoms with van der Waals surface area (Å²) in [5, 5.41) is 11.3. The Balaban J connectivity index is 2.09. The molecule has 1 unspecified atom stereocenters. The number of carboxylic acid groups (broad SMARTS) is 1. The van der Waals surface area contributed by atoms with Crippen molar-refractivity contribution < 1.29 is 14.7 Å². The van der Waals surface area contributed by atoms with Crippen LogP contribution in [0.4, 0.5) is 4.79 Å². The molecule has 0 saturated carbocycles. The van der Waals surface area contributed by atoms with Gasteiger partial charge in [-0.2, -0.15) is 0 Å². The number of hydrogen-bond acceptors (Lipinski definition) is 3. The monoisotopic (exact) mass is 271 g/mol. The minimum atomic E-state index is -0.784. The first kappa shape index (κ1) is 15.8. The number of amides is 2. The van der Waals surface area contributed by atoms with Crippen molar-refractivity contribution in [1.29, 1.82) is 0 Å². The number of carbonyl (C=O) groups is 2. The normalized spacial score (nSPS) is 19.4. The van der Waals surface area contributed by atoms with Gasteiger partial charge in [0, 0.05) is 33.1 Å². The Morgan fingerprint density at radius 2 is 2.16 bits per heavy atom. The lowest BCUT2D eigenvalue weighted by Gasteiger charge is -2.21. The first-order chi connectivity index (χ1) is 8.99. The van der Waals surface area contributed by atoms with Gasteiger partial charge in [-0.1, -0.05) is 0 Å². The van der Waals surface area contributed by atoms with Crippen LogP contribution in [0.25, 0.3) is 0 Å². The number of nitrogens with zero attached hydrogens (tertiary/aromatic N) is 2. The van der Waals surface area contributed by atoms with Crippen molar-refractivity contribution in [2.45, 2.75) is 25.7 Å². The maximum Gasteiger partial charge on any atom is 0.317 e. The number of carbonyl (C=O) groups excluding carboxylic acids is 1. The van der Waals surface area contributed by atoms with Crippen LogP contribution < -0.4 is 5.32 Å². The summed E-state index contributed by atoms with van der Waals surface area (Å²) in [6, 6.07) is -0.0649. The molecule has 6 heteroatoms. The van der Waals surface area contributed by atoms with Gasteiger partial charge in [0.1, 0.15) is 0 Å². The third-order valence-electron chi connectivity index (χ3n) is 3.46. The molecule has 1 atom stereocenters. The van der Waals surface area contributed by atoms with E-state index in [2.05, 4.69) is 17.3 Å². The molecule has 2 amide bonds. The average molecular weight is 271 g/mol. The summed E-state index contributed by atoms with van der Waals surface area (Å²) in [4.78, 5) is 26.1. The molecule has 1 aliphatic rings. The van der Waals surface area contributed by atoms with Crippen LogP contribution in [0.1, 0.15) is 25.7 Å². The van der Waals surface area contributed by atoms with Gasteiger partial charge in [0.25, 0.3) is 0 Å². The van der Waals surface area contributed by atoms with E-state index in [0.29, 0.717) is 25.3 Å². The summed E-state index contributed by atoms with van der Waals surface area (Å²) >= 11 is 0. The van der Waals surface area contributed by atoms with E-state index in [4.69, 9.17) is 5.11 Å². The second kappa shape index (κ2) is 7.99. The third-order valence-corrected chi connectivity index (χ3v) is 3.46. The molecule has 0 aromatic carbocycles. The lowest BCUT2D eigenvalue weighted by Crippen LogP contribution is -2.40. The zero-order valence-corrected chi connectivity index (χ0v) is 11.9. The summed E-state index contributed by atoms with van der Waals surface area (Å²) in [5.41, 5.74) is 0. The SMILES string of the molecule is CN1CCC(CN(C)C(=O)NCCCCC(=O)O)C1. The Bertz CT molecular complexity index is 310. The van der Waals surface area contributed by atoms with E-state index >= 15 is 0 Å². The van der Waals surface area contributed by atoms with E-state index in [9.17, 15) is 9.59 Å². The molecule has 0 aromatic rings. The molecule has 19 heavy (non-hydrogen) atoms. The molecule has 110 valence electrons. The molecule has 1 aliphatic heterocycles. The molecule has 0 radical (unpaired) electrons. The Kier molecular flexibility index (Phi) is 6.62. The first-order valence-electron chi connectivity index (χ1n) is 6.88. The molecule has 2 N–H and O–H groups in total. The van der Waals surface area contributed by atoms with Crippen LogP contribution in [-0.2, 0) is 4.79 Å². The summed E-state index contributed by atoms with van der Waals surface area (Å²) in [5.74, 6) is -0.221. The van der Waals surface area contributed by atoms with Gasteiger partial charge in [0.2, 0.25) is 0 Å². The van der Waals surface area contributed by atoms with Crippen molar-refractivity contribution in [3.05, 3.63) is 0 Å². The molecule has 6 nitrogen and oxygen atoms in total. The zero-order chi connectivity index (χ0) is 14.3. The van der Waals surface area contributed by atoms with Crippen molar-refractivity contribution in [2.75, 3.05) is 40.3 Å². The predicted molar refractivity (Wildman–Crippen MR) is 73.1 cm³/mol. The van der Waals surface area contributed by atoms with Crippen LogP contribution in [0.2, 0.25) is 0 Å². The Labute approximate surface area is 114 Å². The molecule has 0 spiro atoms. The van der Waals surface area contributed by atoms with Crippen LogP contribution in [0, 0.1) is 5.92 Å². The predicted octanol–water partition coefficient (Wildman–Crippen LogP) is 0.834. The van der Waals surface area contributed by atoms with E-state index < -0.39 is 5.97 Å². The topological polar surface area (TPSA) is 72.9 Å². The number of nitrogens with one attached hydrogen (secondary N) is 1. The summed E-state index contributed by atoms with van der Waals surface area (Å²) in [6.07, 6.45) is 2.62. The van der Waals surface area contributed by atoms with Crippen LogP contribution >= 0.6 is 0 Å². The van der Waals surface area contributed by atoms with Gasteiger partial charge in [-0.15, -0.1) is 0 Å². The van der Waals surface area contributed by atoms with Crippen molar-refractivity contribution in [3.63, 3.8) is 0 Å². The number of carboxylic acids is 1. The largest absolute Gasteiger partial charge is 0.481 e. The van der Waals surface area contributed by atoms with Crippen LogP contribution in [0.3, 0.4) is 0 Å². The van der Waals surface area contributed by atoms with Crippen LogP contribution in [-0.4, -0.2) is 67.2 Å². The highest BCUT2D eigenvalue weighted by atomic mass is 16.4. The Morgan fingerprint density at radius 1 is 1.42 bits per heavy atom. The highest BCUT2D eigenvalue weighted by molar-refractivity contribution is 5.73. The van der Waals surface area contributed by atoms with Crippen LogP contribution in [0.5, 0.6) is 0 Å². The van der Waals surface area contributed by atoms with Crippen molar-refractivity contribution in [1.82, 2.24) is 15.1 Å². The van der Waals surface area contributed by atoms with Gasteiger partial charge in [-0.25, -0.2) is 4.79 Å². The molecule has 1 heterocycles. The van der Waals surface area contributed by atoms with E-state index in [1.165, 1.54) is 0 Å². The summed E-state index contributed by atoms with van der Waals surface area (Å²) < 4.78 is 0. The molecular weight excluding hydrogens is 246 g/mol. The lowest BCUT2D eigenvalue weighted by atomic mass is 10.1. The number of urea groups is 1. The van der Waals surface area contributed by atoms with E-state index in [0.717, 1.165) is 26.1 Å². The minimum absolute atomic E-state index is 0.0649. The number of aliphatic carboxylic acids is 1. The Morgan fingerprint density at radius 3 is 2.74 bits per heavy atom. The second-order valence-electron chi connectivity index (χ2n) is 5.38. The number of likely N-dealkylation sites (tertiary alicyclic amines) is 1. The van der Waals surface area contributed by atoms with E-state index in [1.807, 2.05) is 7.05 Å². The maximum absolute atomic E-state index is 11.8. The fraction of sp³-hybridized carbons (Fsp3) is 0.846. The molecule has 0 aliphatic carbocycles. The number of rotatable bonds is 7. The molecule has 0 aromatic heterocycles. The van der Waals surface area contributed by atoms with Gasteiger partial charge in [-0.3, -0.25) is 4.79 Å². The van der Waals surface area contributed by atoms with Crippen molar-refractivity contribution >= 4 is 12.0 Å². The fourth-order valence-corrected chi connectivity index (χ4v) is 2.38. The van der Waals surface area contributed by atoms with Gasteiger partial charge >= 0.3 is 12.0 Å². The van der Waals surface area contributed by atoms with E-state index in [1.54, 1.807) is 4.90 Å². The quantitative estimate of drug-likeness (QED) is 0.673. The number of hydrogen-bond donors (Lipinski definition) is 2. The molecule has 1 rings (SSSR count). The molecular formula is C13H25N3O3. The van der Waals surface area contributed by atoms with Gasteiger partial charge in [0.05, 0.1) is 0 Å². The lowest BCUT2D eigenvalue weighted by molar-refractivity contribution is -0.137. The maximum atomic E-state index is 11.8. The smallest absolute Gasteiger partial charge is 0.317 e. The van der Waals surface area contributed by atoms with Gasteiger partial charge < -0.3 is 20.2 Å². The third kappa shape index (κ3) is 6.42. The standard InChI is InChI=1S/C13H25N3O3/c1-15-8-6-11(9-15)10-16(2)13(19)14-7-4-3-5-12(17)18/h11H,3-10H2,1-2H3,(H,14,19)(H,17,18). The molecule has 1 saturated heterocycles. The molecule has 1 fully saturated rings. The zero-order valence-electron chi connectivity index (χ0n) is 11.9. The first-order valence-corrected chi connectivity index (χ1v) is 6.88.